The molecule has 29 heavy (non-hydrogen) atoms. The third-order valence-corrected chi connectivity index (χ3v) is 6.16. The topological polar surface area (TPSA) is 61.6 Å². The molecule has 1 aliphatic heterocycles. The summed E-state index contributed by atoms with van der Waals surface area (Å²) in [7, 11) is 0. The number of rotatable bonds is 6. The summed E-state index contributed by atoms with van der Waals surface area (Å²) in [5.74, 6) is 1.41. The predicted molar refractivity (Wildman–Crippen MR) is 117 cm³/mol. The van der Waals surface area contributed by atoms with Crippen LogP contribution < -0.4 is 10.2 Å². The number of aryl methyl sites for hydroxylation is 1. The first-order valence-corrected chi connectivity index (χ1v) is 10.8. The van der Waals surface area contributed by atoms with Crippen molar-refractivity contribution in [3.63, 3.8) is 0 Å². The van der Waals surface area contributed by atoms with Gasteiger partial charge in [0.15, 0.2) is 10.8 Å². The number of aromatic nitrogens is 1. The first-order valence-electron chi connectivity index (χ1n) is 9.95. The van der Waals surface area contributed by atoms with Crippen LogP contribution in [0.3, 0.4) is 0 Å². The molecule has 0 bridgehead atoms. The van der Waals surface area contributed by atoms with Crippen molar-refractivity contribution in [1.29, 1.82) is 0 Å². The van der Waals surface area contributed by atoms with Gasteiger partial charge in [0.1, 0.15) is 11.5 Å². The van der Waals surface area contributed by atoms with E-state index >= 15 is 0 Å². The average molecular weight is 411 g/mol. The van der Waals surface area contributed by atoms with Crippen molar-refractivity contribution in [3.05, 3.63) is 59.3 Å². The minimum atomic E-state index is -0.134. The van der Waals surface area contributed by atoms with E-state index in [2.05, 4.69) is 51.3 Å². The molecule has 1 unspecified atom stereocenters. The van der Waals surface area contributed by atoms with E-state index in [1.54, 1.807) is 5.38 Å². The van der Waals surface area contributed by atoms with Gasteiger partial charge in [-0.3, -0.25) is 9.69 Å². The lowest BCUT2D eigenvalue weighted by molar-refractivity contribution is 0.0930. The lowest BCUT2D eigenvalue weighted by atomic mass is 10.2. The van der Waals surface area contributed by atoms with Crippen LogP contribution in [0.5, 0.6) is 0 Å². The number of furan rings is 1. The summed E-state index contributed by atoms with van der Waals surface area (Å²) < 4.78 is 5.59. The van der Waals surface area contributed by atoms with Crippen LogP contribution in [0.2, 0.25) is 0 Å². The predicted octanol–water partition coefficient (Wildman–Crippen LogP) is 3.65. The number of hydrogen-bond acceptors (Lipinski definition) is 6. The molecule has 1 aliphatic rings. The summed E-state index contributed by atoms with van der Waals surface area (Å²) in [4.78, 5) is 21.8. The van der Waals surface area contributed by atoms with E-state index in [1.807, 2.05) is 25.1 Å². The summed E-state index contributed by atoms with van der Waals surface area (Å²) in [6, 6.07) is 14.6. The van der Waals surface area contributed by atoms with Crippen LogP contribution in [0.4, 0.5) is 5.69 Å². The molecule has 1 amide bonds. The van der Waals surface area contributed by atoms with Gasteiger partial charge in [0.2, 0.25) is 0 Å². The zero-order valence-electron chi connectivity index (χ0n) is 16.8. The van der Waals surface area contributed by atoms with Gasteiger partial charge in [-0.2, -0.15) is 0 Å². The van der Waals surface area contributed by atoms with Gasteiger partial charge in [-0.25, -0.2) is 4.98 Å². The fourth-order valence-electron chi connectivity index (χ4n) is 3.56. The maximum Gasteiger partial charge on any atom is 0.270 e. The highest BCUT2D eigenvalue weighted by molar-refractivity contribution is 7.13. The molecule has 4 rings (SSSR count). The number of carbonyl (C=O) groups excluding carboxylic acids is 1. The normalized spacial score (nSPS) is 16.0. The number of thiazole rings is 1. The number of carbonyl (C=O) groups is 1. The molecule has 152 valence electrons. The molecule has 6 nitrogen and oxygen atoms in total. The second kappa shape index (κ2) is 8.80. The van der Waals surface area contributed by atoms with Crippen molar-refractivity contribution in [2.45, 2.75) is 19.9 Å². The molecule has 1 atom stereocenters. The maximum absolute atomic E-state index is 12.5. The van der Waals surface area contributed by atoms with E-state index in [0.717, 1.165) is 36.9 Å². The number of hydrogen-bond donors (Lipinski definition) is 1. The molecular formula is C22H26N4O2S. The van der Waals surface area contributed by atoms with Gasteiger partial charge in [-0.1, -0.05) is 18.2 Å². The number of nitrogens with zero attached hydrogens (tertiary/aromatic N) is 3. The van der Waals surface area contributed by atoms with Crippen LogP contribution in [0.1, 0.15) is 23.2 Å². The van der Waals surface area contributed by atoms with Crippen molar-refractivity contribution < 1.29 is 9.21 Å². The Morgan fingerprint density at radius 2 is 1.93 bits per heavy atom. The minimum absolute atomic E-state index is 0.134. The van der Waals surface area contributed by atoms with Crippen LogP contribution in [0.15, 0.2) is 52.3 Å². The summed E-state index contributed by atoms with van der Waals surface area (Å²) in [6.07, 6.45) is 0. The first-order chi connectivity index (χ1) is 14.1. The minimum Gasteiger partial charge on any atom is -0.459 e. The van der Waals surface area contributed by atoms with Crippen molar-refractivity contribution in [2.24, 2.45) is 0 Å². The number of nitrogens with one attached hydrogen (secondary N) is 1. The van der Waals surface area contributed by atoms with Crippen molar-refractivity contribution in [2.75, 3.05) is 37.6 Å². The second-order valence-electron chi connectivity index (χ2n) is 7.37. The molecule has 0 radical (unpaired) electrons. The summed E-state index contributed by atoms with van der Waals surface area (Å²) in [6.45, 7) is 8.65. The Bertz CT molecular complexity index is 945. The van der Waals surface area contributed by atoms with Gasteiger partial charge in [-0.15, -0.1) is 11.3 Å². The lowest BCUT2D eigenvalue weighted by Gasteiger charge is -2.39. The Balaban J connectivity index is 1.26. The molecule has 0 aliphatic carbocycles. The van der Waals surface area contributed by atoms with Crippen LogP contribution >= 0.6 is 11.3 Å². The number of piperazine rings is 1. The highest BCUT2D eigenvalue weighted by Gasteiger charge is 2.22. The molecule has 2 aromatic heterocycles. The van der Waals surface area contributed by atoms with E-state index in [1.165, 1.54) is 17.0 Å². The third-order valence-electron chi connectivity index (χ3n) is 5.30. The van der Waals surface area contributed by atoms with Crippen LogP contribution in [0, 0.1) is 6.92 Å². The molecule has 0 spiro atoms. The Morgan fingerprint density at radius 1 is 1.17 bits per heavy atom. The van der Waals surface area contributed by atoms with Gasteiger partial charge < -0.3 is 14.6 Å². The molecule has 1 aromatic carbocycles. The summed E-state index contributed by atoms with van der Waals surface area (Å²) in [5, 5.41) is 5.54. The van der Waals surface area contributed by atoms with Gasteiger partial charge in [0.25, 0.3) is 5.91 Å². The van der Waals surface area contributed by atoms with E-state index < -0.39 is 0 Å². The molecule has 3 heterocycles. The van der Waals surface area contributed by atoms with E-state index in [-0.39, 0.29) is 11.9 Å². The van der Waals surface area contributed by atoms with Crippen molar-refractivity contribution >= 4 is 22.9 Å². The van der Waals surface area contributed by atoms with Gasteiger partial charge in [0, 0.05) is 49.8 Å². The molecule has 0 saturated carbocycles. The smallest absolute Gasteiger partial charge is 0.270 e. The molecule has 1 saturated heterocycles. The highest BCUT2D eigenvalue weighted by Crippen LogP contribution is 2.25. The van der Waals surface area contributed by atoms with Crippen LogP contribution in [-0.4, -0.2) is 54.6 Å². The first kappa shape index (κ1) is 19.7. The highest BCUT2D eigenvalue weighted by atomic mass is 32.1. The number of benzene rings is 1. The fourth-order valence-corrected chi connectivity index (χ4v) is 4.32. The Kier molecular flexibility index (Phi) is 5.97. The standard InChI is InChI=1S/C22H26N4O2S/c1-16(25-10-12-26(13-11-25)18-6-4-3-5-7-18)14-23-21(27)19-15-29-22(24-19)20-9-8-17(2)28-20/h3-9,15-16H,10-14H2,1-2H3,(H,23,27). The largest absolute Gasteiger partial charge is 0.459 e. The van der Waals surface area contributed by atoms with Crippen molar-refractivity contribution in [3.8, 4) is 10.8 Å². The van der Waals surface area contributed by atoms with E-state index in [4.69, 9.17) is 4.42 Å². The Labute approximate surface area is 175 Å². The molecular weight excluding hydrogens is 384 g/mol. The summed E-state index contributed by atoms with van der Waals surface area (Å²) >= 11 is 1.42. The fraction of sp³-hybridized carbons (Fsp3) is 0.364. The second-order valence-corrected chi connectivity index (χ2v) is 8.22. The van der Waals surface area contributed by atoms with E-state index in [0.29, 0.717) is 18.0 Å². The third kappa shape index (κ3) is 4.68. The van der Waals surface area contributed by atoms with Crippen LogP contribution in [-0.2, 0) is 0 Å². The van der Waals surface area contributed by atoms with Gasteiger partial charge in [0.05, 0.1) is 0 Å². The number of amides is 1. The molecule has 1 N–H and O–H groups in total. The van der Waals surface area contributed by atoms with Crippen molar-refractivity contribution in [1.82, 2.24) is 15.2 Å². The summed E-state index contributed by atoms with van der Waals surface area (Å²) in [5.41, 5.74) is 1.72. The van der Waals surface area contributed by atoms with Gasteiger partial charge in [-0.05, 0) is 38.1 Å². The maximum atomic E-state index is 12.5. The van der Waals surface area contributed by atoms with Gasteiger partial charge >= 0.3 is 0 Å². The zero-order valence-corrected chi connectivity index (χ0v) is 17.6. The molecule has 3 aromatic rings. The van der Waals surface area contributed by atoms with E-state index in [9.17, 15) is 4.79 Å². The SMILES string of the molecule is Cc1ccc(-c2nc(C(=O)NCC(C)N3CCN(c4ccccc4)CC3)cs2)o1. The zero-order chi connectivity index (χ0) is 20.2. The van der Waals surface area contributed by atoms with Crippen LogP contribution in [0.25, 0.3) is 10.8 Å². The average Bonchev–Trinajstić information content (AvgIpc) is 3.42. The Morgan fingerprint density at radius 3 is 2.62 bits per heavy atom. The molecule has 7 heteroatoms. The molecule has 1 fully saturated rings. The monoisotopic (exact) mass is 410 g/mol. The Hall–Kier alpha value is -2.64. The lowest BCUT2D eigenvalue weighted by Crippen LogP contribution is -2.52. The number of anilines is 1. The number of para-hydroxylation sites is 1. The quantitative estimate of drug-likeness (QED) is 0.672.